The Morgan fingerprint density at radius 2 is 1.79 bits per heavy atom. The topological polar surface area (TPSA) is 19.0 Å². The van der Waals surface area contributed by atoms with E-state index in [1.54, 1.807) is 10.8 Å². The standard InChI is InChI=1S/C21H37N3OS3/c1-18(28-27)5-4-15-25-16-14-22(3)17-20-6-8-21(9-7-20)24-12-10-23(11-13-24)19(2)26/h6-9,18-19,26-27H,4-5,10-17H2,1-3H3. The summed E-state index contributed by atoms with van der Waals surface area (Å²) in [6.07, 6.45) is 2.28. The molecule has 0 N–H and O–H groups in total. The molecule has 28 heavy (non-hydrogen) atoms. The first-order valence-corrected chi connectivity index (χ1v) is 12.8. The van der Waals surface area contributed by atoms with Crippen LogP contribution in [0.1, 0.15) is 32.3 Å². The summed E-state index contributed by atoms with van der Waals surface area (Å²) in [7, 11) is 3.79. The van der Waals surface area contributed by atoms with Crippen molar-refractivity contribution in [1.29, 1.82) is 0 Å². The molecule has 0 spiro atoms. The van der Waals surface area contributed by atoms with E-state index in [0.717, 1.165) is 58.9 Å². The molecule has 7 heteroatoms. The second-order valence-corrected chi connectivity index (χ2v) is 10.1. The third-order valence-electron chi connectivity index (χ3n) is 5.29. The molecule has 1 fully saturated rings. The van der Waals surface area contributed by atoms with Crippen molar-refractivity contribution in [3.05, 3.63) is 29.8 Å². The minimum Gasteiger partial charge on any atom is -0.380 e. The number of hydrogen-bond donors (Lipinski definition) is 2. The fraction of sp³-hybridized carbons (Fsp3) is 0.714. The number of benzene rings is 1. The predicted molar refractivity (Wildman–Crippen MR) is 131 cm³/mol. The molecular weight excluding hydrogens is 406 g/mol. The Morgan fingerprint density at radius 3 is 2.39 bits per heavy atom. The lowest BCUT2D eigenvalue weighted by Crippen LogP contribution is -2.48. The van der Waals surface area contributed by atoms with E-state index in [2.05, 4.69) is 84.1 Å². The van der Waals surface area contributed by atoms with Gasteiger partial charge in [-0.2, -0.15) is 12.6 Å². The first-order chi connectivity index (χ1) is 13.5. The van der Waals surface area contributed by atoms with Crippen LogP contribution in [0.4, 0.5) is 5.69 Å². The summed E-state index contributed by atoms with van der Waals surface area (Å²) in [5.41, 5.74) is 2.68. The average molecular weight is 444 g/mol. The largest absolute Gasteiger partial charge is 0.380 e. The summed E-state index contributed by atoms with van der Waals surface area (Å²) in [5, 5.41) is 0.952. The highest BCUT2D eigenvalue weighted by Gasteiger charge is 2.19. The van der Waals surface area contributed by atoms with Crippen molar-refractivity contribution >= 4 is 40.8 Å². The minimum atomic E-state index is 0.347. The molecule has 0 aromatic heterocycles. The van der Waals surface area contributed by atoms with E-state index >= 15 is 0 Å². The van der Waals surface area contributed by atoms with Crippen LogP contribution in [0.3, 0.4) is 0 Å². The van der Waals surface area contributed by atoms with E-state index in [4.69, 9.17) is 4.74 Å². The maximum atomic E-state index is 5.77. The maximum Gasteiger partial charge on any atom is 0.0593 e. The number of thiol groups is 2. The van der Waals surface area contributed by atoms with Crippen LogP contribution < -0.4 is 4.90 Å². The van der Waals surface area contributed by atoms with Gasteiger partial charge >= 0.3 is 0 Å². The minimum absolute atomic E-state index is 0.347. The average Bonchev–Trinajstić information content (AvgIpc) is 2.71. The number of rotatable bonds is 12. The van der Waals surface area contributed by atoms with Crippen LogP contribution in [0.25, 0.3) is 0 Å². The molecule has 2 atom stereocenters. The monoisotopic (exact) mass is 443 g/mol. The second kappa shape index (κ2) is 13.3. The number of anilines is 1. The SMILES string of the molecule is CC(CCCOCCN(C)Cc1ccc(N2CCN(C(C)S)CC2)cc1)SS. The van der Waals surface area contributed by atoms with Gasteiger partial charge in [0, 0.05) is 56.8 Å². The molecule has 0 saturated carbocycles. The van der Waals surface area contributed by atoms with Gasteiger partial charge < -0.3 is 9.64 Å². The quantitative estimate of drug-likeness (QED) is 0.285. The molecule has 1 aromatic carbocycles. The molecule has 0 radical (unpaired) electrons. The number of likely N-dealkylation sites (N-methyl/N-ethyl adjacent to an activating group) is 1. The van der Waals surface area contributed by atoms with Gasteiger partial charge in [0.15, 0.2) is 0 Å². The zero-order chi connectivity index (χ0) is 20.4. The van der Waals surface area contributed by atoms with Gasteiger partial charge in [-0.15, -0.1) is 11.7 Å². The van der Waals surface area contributed by atoms with Crippen LogP contribution in [0, 0.1) is 0 Å². The van der Waals surface area contributed by atoms with E-state index in [1.165, 1.54) is 17.7 Å². The number of ether oxygens (including phenoxy) is 1. The third kappa shape index (κ3) is 8.76. The smallest absolute Gasteiger partial charge is 0.0593 e. The van der Waals surface area contributed by atoms with E-state index in [0.29, 0.717) is 10.6 Å². The fourth-order valence-electron chi connectivity index (χ4n) is 3.40. The highest BCUT2D eigenvalue weighted by molar-refractivity contribution is 8.68. The van der Waals surface area contributed by atoms with Crippen LogP contribution in [-0.2, 0) is 11.3 Å². The van der Waals surface area contributed by atoms with E-state index in [-0.39, 0.29) is 0 Å². The Morgan fingerprint density at radius 1 is 1.11 bits per heavy atom. The Hall–Kier alpha value is -0.0500. The van der Waals surface area contributed by atoms with Crippen LogP contribution >= 0.6 is 35.1 Å². The van der Waals surface area contributed by atoms with Crippen molar-refractivity contribution in [3.63, 3.8) is 0 Å². The van der Waals surface area contributed by atoms with Crippen LogP contribution in [0.2, 0.25) is 0 Å². The lowest BCUT2D eigenvalue weighted by atomic mass is 10.1. The van der Waals surface area contributed by atoms with Gasteiger partial charge in [0.2, 0.25) is 0 Å². The van der Waals surface area contributed by atoms with Gasteiger partial charge in [-0.3, -0.25) is 9.80 Å². The predicted octanol–water partition coefficient (Wildman–Crippen LogP) is 4.28. The summed E-state index contributed by atoms with van der Waals surface area (Å²) < 4.78 is 5.77. The number of hydrogen-bond acceptors (Lipinski definition) is 7. The summed E-state index contributed by atoms with van der Waals surface area (Å²) >= 11 is 8.79. The second-order valence-electron chi connectivity index (χ2n) is 7.73. The third-order valence-corrected chi connectivity index (χ3v) is 7.30. The first kappa shape index (κ1) is 24.2. The van der Waals surface area contributed by atoms with Crippen LogP contribution in [-0.4, -0.2) is 73.4 Å². The van der Waals surface area contributed by atoms with Gasteiger partial charge in [-0.25, -0.2) is 0 Å². The van der Waals surface area contributed by atoms with Crippen molar-refractivity contribution < 1.29 is 4.74 Å². The molecule has 1 aromatic rings. The van der Waals surface area contributed by atoms with E-state index < -0.39 is 0 Å². The fourth-order valence-corrected chi connectivity index (χ4v) is 4.22. The number of piperazine rings is 1. The zero-order valence-electron chi connectivity index (χ0n) is 17.6. The molecule has 0 aliphatic carbocycles. The van der Waals surface area contributed by atoms with Crippen molar-refractivity contribution in [1.82, 2.24) is 9.80 Å². The van der Waals surface area contributed by atoms with E-state index in [1.807, 2.05) is 0 Å². The molecule has 160 valence electrons. The molecule has 2 rings (SSSR count). The normalized spacial score (nSPS) is 17.9. The lowest BCUT2D eigenvalue weighted by molar-refractivity contribution is 0.107. The molecule has 0 bridgehead atoms. The van der Waals surface area contributed by atoms with Gasteiger partial charge in [-0.1, -0.05) is 29.9 Å². The summed E-state index contributed by atoms with van der Waals surface area (Å²) in [6.45, 7) is 12.2. The molecular formula is C21H37N3OS3. The molecule has 4 nitrogen and oxygen atoms in total. The first-order valence-electron chi connectivity index (χ1n) is 10.3. The van der Waals surface area contributed by atoms with E-state index in [9.17, 15) is 0 Å². The Labute approximate surface area is 186 Å². The molecule has 1 saturated heterocycles. The van der Waals surface area contributed by atoms with Crippen molar-refractivity contribution in [2.24, 2.45) is 0 Å². The Kier molecular flexibility index (Phi) is 11.5. The highest BCUT2D eigenvalue weighted by Crippen LogP contribution is 2.20. The van der Waals surface area contributed by atoms with Crippen LogP contribution in [0.15, 0.2) is 24.3 Å². The highest BCUT2D eigenvalue weighted by atomic mass is 33.1. The molecule has 0 amide bonds. The summed E-state index contributed by atoms with van der Waals surface area (Å²) in [6, 6.07) is 9.05. The Balaban J connectivity index is 1.64. The van der Waals surface area contributed by atoms with Crippen molar-refractivity contribution in [2.75, 3.05) is 57.9 Å². The number of nitrogens with zero attached hydrogens (tertiary/aromatic N) is 3. The van der Waals surface area contributed by atoms with Crippen molar-refractivity contribution in [3.8, 4) is 0 Å². The maximum absolute atomic E-state index is 5.77. The van der Waals surface area contributed by atoms with Crippen LogP contribution in [0.5, 0.6) is 0 Å². The van der Waals surface area contributed by atoms with Gasteiger partial charge in [0.25, 0.3) is 0 Å². The zero-order valence-corrected chi connectivity index (χ0v) is 20.2. The molecule has 1 aliphatic heterocycles. The van der Waals surface area contributed by atoms with Gasteiger partial charge in [-0.05, 0) is 44.5 Å². The summed E-state index contributed by atoms with van der Waals surface area (Å²) in [4.78, 5) is 7.22. The van der Waals surface area contributed by atoms with Crippen molar-refractivity contribution in [2.45, 2.75) is 43.9 Å². The van der Waals surface area contributed by atoms with Gasteiger partial charge in [0.05, 0.1) is 12.0 Å². The molecule has 1 aliphatic rings. The van der Waals surface area contributed by atoms with Gasteiger partial charge in [0.1, 0.15) is 0 Å². The Bertz CT molecular complexity index is 536. The lowest BCUT2D eigenvalue weighted by Gasteiger charge is -2.37. The summed E-state index contributed by atoms with van der Waals surface area (Å²) in [5.74, 6) is 0. The molecule has 1 heterocycles. The molecule has 2 unspecified atom stereocenters.